The lowest BCUT2D eigenvalue weighted by molar-refractivity contribution is -0.141. The number of hydrogen-bond donors (Lipinski definition) is 3. The fourth-order valence-corrected chi connectivity index (χ4v) is 3.25. The lowest BCUT2D eigenvalue weighted by Crippen LogP contribution is -2.45. The summed E-state index contributed by atoms with van der Waals surface area (Å²) in [5.41, 5.74) is 1.57. The third-order valence-electron chi connectivity index (χ3n) is 5.16. The van der Waals surface area contributed by atoms with Crippen LogP contribution in [0.5, 0.6) is 11.5 Å². The molecule has 8 heteroatoms. The van der Waals surface area contributed by atoms with E-state index in [0.717, 1.165) is 5.56 Å². The Hall–Kier alpha value is -4.59. The van der Waals surface area contributed by atoms with E-state index in [9.17, 15) is 19.5 Å². The SMILES string of the molecule is COc1ccc(/C=C(\NC(=O)c2ccc(OC)cc2)C(=O)NC(Cc2ccccc2)C(=O)O)cc1. The lowest BCUT2D eigenvalue weighted by atomic mass is 10.1. The minimum absolute atomic E-state index is 0.0875. The van der Waals surface area contributed by atoms with Crippen LogP contribution < -0.4 is 20.1 Å². The first-order chi connectivity index (χ1) is 16.9. The minimum atomic E-state index is -1.19. The van der Waals surface area contributed by atoms with Gasteiger partial charge < -0.3 is 25.2 Å². The Bertz CT molecular complexity index is 1190. The monoisotopic (exact) mass is 474 g/mol. The molecule has 180 valence electrons. The van der Waals surface area contributed by atoms with Crippen LogP contribution in [0.1, 0.15) is 21.5 Å². The normalized spacial score (nSPS) is 11.8. The Morgan fingerprint density at radius 2 is 1.43 bits per heavy atom. The molecule has 1 unspecified atom stereocenters. The van der Waals surface area contributed by atoms with Crippen LogP contribution in [0, 0.1) is 0 Å². The molecular weight excluding hydrogens is 448 g/mol. The summed E-state index contributed by atoms with van der Waals surface area (Å²) in [4.78, 5) is 37.8. The predicted molar refractivity (Wildman–Crippen MR) is 131 cm³/mol. The summed E-state index contributed by atoms with van der Waals surface area (Å²) in [7, 11) is 3.06. The van der Waals surface area contributed by atoms with Crippen molar-refractivity contribution in [3.63, 3.8) is 0 Å². The molecule has 35 heavy (non-hydrogen) atoms. The molecule has 0 aromatic heterocycles. The van der Waals surface area contributed by atoms with Gasteiger partial charge in [-0.2, -0.15) is 0 Å². The van der Waals surface area contributed by atoms with Crippen molar-refractivity contribution in [3.8, 4) is 11.5 Å². The fraction of sp³-hybridized carbons (Fsp3) is 0.148. The second-order valence-corrected chi connectivity index (χ2v) is 7.57. The number of methoxy groups -OCH3 is 2. The molecule has 0 saturated carbocycles. The summed E-state index contributed by atoms with van der Waals surface area (Å²) in [5.74, 6) is -1.24. The second-order valence-electron chi connectivity index (χ2n) is 7.57. The number of amides is 2. The summed E-state index contributed by atoms with van der Waals surface area (Å²) in [6, 6.07) is 21.0. The topological polar surface area (TPSA) is 114 Å². The molecule has 0 aliphatic rings. The molecule has 0 aliphatic heterocycles. The number of aliphatic carboxylic acids is 1. The van der Waals surface area contributed by atoms with E-state index in [1.54, 1.807) is 72.8 Å². The van der Waals surface area contributed by atoms with Gasteiger partial charge in [0, 0.05) is 12.0 Å². The summed E-state index contributed by atoms with van der Waals surface area (Å²) < 4.78 is 10.3. The van der Waals surface area contributed by atoms with Crippen LogP contribution in [0.3, 0.4) is 0 Å². The zero-order valence-corrected chi connectivity index (χ0v) is 19.4. The Morgan fingerprint density at radius 3 is 1.97 bits per heavy atom. The van der Waals surface area contributed by atoms with Gasteiger partial charge in [-0.1, -0.05) is 42.5 Å². The van der Waals surface area contributed by atoms with Crippen LogP contribution in [-0.4, -0.2) is 43.2 Å². The predicted octanol–water partition coefficient (Wildman–Crippen LogP) is 3.29. The smallest absolute Gasteiger partial charge is 0.326 e. The molecule has 0 spiro atoms. The van der Waals surface area contributed by atoms with Gasteiger partial charge in [0.15, 0.2) is 0 Å². The number of ether oxygens (including phenoxy) is 2. The highest BCUT2D eigenvalue weighted by Gasteiger charge is 2.23. The second kappa shape index (κ2) is 12.0. The number of carboxylic acids is 1. The number of rotatable bonds is 10. The Balaban J connectivity index is 1.86. The van der Waals surface area contributed by atoms with Crippen molar-refractivity contribution in [2.45, 2.75) is 12.5 Å². The minimum Gasteiger partial charge on any atom is -0.497 e. The van der Waals surface area contributed by atoms with Crippen LogP contribution in [-0.2, 0) is 16.0 Å². The van der Waals surface area contributed by atoms with Crippen molar-refractivity contribution in [2.24, 2.45) is 0 Å². The zero-order valence-electron chi connectivity index (χ0n) is 19.4. The van der Waals surface area contributed by atoms with Crippen molar-refractivity contribution >= 4 is 23.9 Å². The van der Waals surface area contributed by atoms with Crippen molar-refractivity contribution < 1.29 is 29.0 Å². The van der Waals surface area contributed by atoms with E-state index in [2.05, 4.69) is 10.6 Å². The summed E-state index contributed by atoms with van der Waals surface area (Å²) in [6.45, 7) is 0. The Kier molecular flexibility index (Phi) is 8.61. The zero-order chi connectivity index (χ0) is 25.2. The van der Waals surface area contributed by atoms with Crippen molar-refractivity contribution in [1.82, 2.24) is 10.6 Å². The molecule has 0 bridgehead atoms. The van der Waals surface area contributed by atoms with Crippen LogP contribution in [0.25, 0.3) is 6.08 Å². The molecule has 1 atom stereocenters. The standard InChI is InChI=1S/C27H26N2O6/c1-34-21-12-8-19(9-13-21)16-23(28-25(30)20-10-14-22(35-2)15-11-20)26(31)29-24(27(32)33)17-18-6-4-3-5-7-18/h3-16,24H,17H2,1-2H3,(H,28,30)(H,29,31)(H,32,33)/b23-16-. The van der Waals surface area contributed by atoms with Crippen LogP contribution in [0.15, 0.2) is 84.6 Å². The largest absolute Gasteiger partial charge is 0.497 e. The Labute approximate surface area is 203 Å². The molecule has 3 aromatic carbocycles. The molecule has 0 fully saturated rings. The van der Waals surface area contributed by atoms with E-state index in [4.69, 9.17) is 9.47 Å². The van der Waals surface area contributed by atoms with Gasteiger partial charge in [0.05, 0.1) is 14.2 Å². The molecule has 2 amide bonds. The molecule has 3 N–H and O–H groups in total. The van der Waals surface area contributed by atoms with Gasteiger partial charge in [-0.05, 0) is 53.6 Å². The van der Waals surface area contributed by atoms with E-state index >= 15 is 0 Å². The van der Waals surface area contributed by atoms with Gasteiger partial charge in [0.2, 0.25) is 0 Å². The molecule has 0 heterocycles. The van der Waals surface area contributed by atoms with E-state index in [1.807, 2.05) is 6.07 Å². The third kappa shape index (κ3) is 7.20. The van der Waals surface area contributed by atoms with E-state index in [-0.39, 0.29) is 12.1 Å². The maximum Gasteiger partial charge on any atom is 0.326 e. The van der Waals surface area contributed by atoms with Crippen LogP contribution in [0.4, 0.5) is 0 Å². The first-order valence-electron chi connectivity index (χ1n) is 10.8. The number of benzene rings is 3. The number of carbonyl (C=O) groups is 3. The number of nitrogens with one attached hydrogen (secondary N) is 2. The fourth-order valence-electron chi connectivity index (χ4n) is 3.25. The number of hydrogen-bond acceptors (Lipinski definition) is 5. The quantitative estimate of drug-likeness (QED) is 0.389. The van der Waals surface area contributed by atoms with Gasteiger partial charge in [-0.25, -0.2) is 4.79 Å². The van der Waals surface area contributed by atoms with E-state index in [1.165, 1.54) is 20.3 Å². The number of carboxylic acid groups (broad SMARTS) is 1. The first kappa shape index (κ1) is 25.0. The van der Waals surface area contributed by atoms with Gasteiger partial charge in [-0.15, -0.1) is 0 Å². The molecular formula is C27H26N2O6. The summed E-state index contributed by atoms with van der Waals surface area (Å²) in [5, 5.41) is 14.8. The average Bonchev–Trinajstić information content (AvgIpc) is 2.88. The molecule has 3 rings (SSSR count). The summed E-state index contributed by atoms with van der Waals surface area (Å²) in [6.07, 6.45) is 1.56. The Morgan fingerprint density at radius 1 is 0.857 bits per heavy atom. The van der Waals surface area contributed by atoms with E-state index in [0.29, 0.717) is 22.6 Å². The van der Waals surface area contributed by atoms with Gasteiger partial charge in [0.1, 0.15) is 23.2 Å². The van der Waals surface area contributed by atoms with Gasteiger partial charge in [-0.3, -0.25) is 9.59 Å². The number of carbonyl (C=O) groups excluding carboxylic acids is 2. The highest BCUT2D eigenvalue weighted by Crippen LogP contribution is 2.15. The molecule has 0 aliphatic carbocycles. The first-order valence-corrected chi connectivity index (χ1v) is 10.8. The van der Waals surface area contributed by atoms with Gasteiger partial charge in [0.25, 0.3) is 11.8 Å². The summed E-state index contributed by atoms with van der Waals surface area (Å²) >= 11 is 0. The molecule has 0 radical (unpaired) electrons. The maximum absolute atomic E-state index is 13.1. The lowest BCUT2D eigenvalue weighted by Gasteiger charge is -2.17. The van der Waals surface area contributed by atoms with E-state index < -0.39 is 23.8 Å². The molecule has 3 aromatic rings. The van der Waals surface area contributed by atoms with Gasteiger partial charge >= 0.3 is 5.97 Å². The molecule has 8 nitrogen and oxygen atoms in total. The highest BCUT2D eigenvalue weighted by atomic mass is 16.5. The van der Waals surface area contributed by atoms with Crippen molar-refractivity contribution in [1.29, 1.82) is 0 Å². The third-order valence-corrected chi connectivity index (χ3v) is 5.16. The molecule has 0 saturated heterocycles. The maximum atomic E-state index is 13.1. The van der Waals surface area contributed by atoms with Crippen LogP contribution in [0.2, 0.25) is 0 Å². The highest BCUT2D eigenvalue weighted by molar-refractivity contribution is 6.06. The van der Waals surface area contributed by atoms with Crippen molar-refractivity contribution in [3.05, 3.63) is 101 Å². The average molecular weight is 475 g/mol. The van der Waals surface area contributed by atoms with Crippen molar-refractivity contribution in [2.75, 3.05) is 14.2 Å². The van der Waals surface area contributed by atoms with Crippen LogP contribution >= 0.6 is 0 Å².